The molecule has 12 heavy (non-hydrogen) atoms. The van der Waals surface area contributed by atoms with Gasteiger partial charge in [0.05, 0.1) is 0 Å². The van der Waals surface area contributed by atoms with Gasteiger partial charge in [0.2, 0.25) is 0 Å². The number of hydrogen-bond donors (Lipinski definition) is 0. The van der Waals surface area contributed by atoms with Crippen LogP contribution in [0.25, 0.3) is 0 Å². The van der Waals surface area contributed by atoms with Crippen molar-refractivity contribution in [3.63, 3.8) is 0 Å². The first kappa shape index (κ1) is 8.37. The molecule has 1 aromatic rings. The first-order valence-corrected chi connectivity index (χ1v) is 7.50. The topological polar surface area (TPSA) is 9.23 Å². The minimum atomic E-state index is -3.03. The van der Waals surface area contributed by atoms with Gasteiger partial charge in [-0.05, 0) is 0 Å². The fourth-order valence-electron chi connectivity index (χ4n) is 1.16. The number of rotatable bonds is 0. The first-order valence-electron chi connectivity index (χ1n) is 3.38. The number of halogens is 3. The molecule has 4 heteroatoms. The van der Waals surface area contributed by atoms with Crippen molar-refractivity contribution in [2.24, 2.45) is 0 Å². The molecule has 66 valence electrons. The predicted molar refractivity (Wildman–Crippen MR) is 50.1 cm³/mol. The summed E-state index contributed by atoms with van der Waals surface area (Å²) in [6.07, 6.45) is -3.03. The van der Waals surface area contributed by atoms with Gasteiger partial charge in [-0.15, -0.1) is 0 Å². The van der Waals surface area contributed by atoms with E-state index in [2.05, 4.69) is 3.07 Å². The van der Waals surface area contributed by atoms with Gasteiger partial charge < -0.3 is 0 Å². The molecule has 0 fully saturated rings. The van der Waals surface area contributed by atoms with Crippen LogP contribution in [0, 0.1) is 3.57 Å². The molecule has 0 atom stereocenters. The standard InChI is InChI=1S/C8H7F2IO/c1-11-7-5-3-2-4-6(7)8(9,10)12-11/h2-5H,1H3. The zero-order valence-electron chi connectivity index (χ0n) is 6.35. The predicted octanol–water partition coefficient (Wildman–Crippen LogP) is 2.99. The van der Waals surface area contributed by atoms with Crippen LogP contribution in [0.15, 0.2) is 24.3 Å². The van der Waals surface area contributed by atoms with Crippen molar-refractivity contribution >= 4 is 20.2 Å². The van der Waals surface area contributed by atoms with Crippen LogP contribution in [0.2, 0.25) is 0 Å². The quantitative estimate of drug-likeness (QED) is 0.525. The van der Waals surface area contributed by atoms with Crippen molar-refractivity contribution < 1.29 is 11.8 Å². The first-order chi connectivity index (χ1) is 5.61. The molecule has 1 nitrogen and oxygen atoms in total. The zero-order valence-corrected chi connectivity index (χ0v) is 8.51. The Labute approximate surface area is 76.7 Å². The summed E-state index contributed by atoms with van der Waals surface area (Å²) in [4.78, 5) is 1.78. The molecule has 0 radical (unpaired) electrons. The van der Waals surface area contributed by atoms with Crippen molar-refractivity contribution in [1.29, 1.82) is 0 Å². The number of fused-ring (bicyclic) bond motifs is 1. The molecule has 0 amide bonds. The molecule has 0 bridgehead atoms. The molecule has 0 aliphatic carbocycles. The van der Waals surface area contributed by atoms with Gasteiger partial charge in [-0.25, -0.2) is 0 Å². The Balaban J connectivity index is 2.58. The van der Waals surface area contributed by atoms with Gasteiger partial charge in [-0.1, -0.05) is 0 Å². The minimum absolute atomic E-state index is 0.0673. The van der Waals surface area contributed by atoms with Crippen LogP contribution in [0.5, 0.6) is 0 Å². The monoisotopic (exact) mass is 284 g/mol. The zero-order chi connectivity index (χ0) is 8.77. The summed E-state index contributed by atoms with van der Waals surface area (Å²) < 4.78 is 31.4. The van der Waals surface area contributed by atoms with E-state index in [1.807, 2.05) is 0 Å². The molecule has 1 aliphatic rings. The van der Waals surface area contributed by atoms with E-state index in [0.29, 0.717) is 0 Å². The van der Waals surface area contributed by atoms with Crippen molar-refractivity contribution in [2.45, 2.75) is 6.11 Å². The third-order valence-electron chi connectivity index (χ3n) is 1.69. The Hall–Kier alpha value is -0.230. The molecule has 0 spiro atoms. The maximum atomic E-state index is 13.0. The molecule has 0 aromatic heterocycles. The normalized spacial score (nSPS) is 22.4. The van der Waals surface area contributed by atoms with Crippen molar-refractivity contribution in [1.82, 2.24) is 0 Å². The van der Waals surface area contributed by atoms with Gasteiger partial charge in [0, 0.05) is 0 Å². The summed E-state index contributed by atoms with van der Waals surface area (Å²) in [5.41, 5.74) is 0.0673. The molecule has 0 saturated carbocycles. The van der Waals surface area contributed by atoms with E-state index in [9.17, 15) is 8.78 Å². The van der Waals surface area contributed by atoms with Crippen LogP contribution in [-0.2, 0) is 9.17 Å². The Bertz CT molecular complexity index is 314. The number of alkyl halides is 3. The van der Waals surface area contributed by atoms with E-state index in [-0.39, 0.29) is 5.56 Å². The maximum absolute atomic E-state index is 13.0. The summed E-state index contributed by atoms with van der Waals surface area (Å²) in [5.74, 6) is 0. The van der Waals surface area contributed by atoms with Gasteiger partial charge in [0.1, 0.15) is 0 Å². The van der Waals surface area contributed by atoms with E-state index in [1.54, 1.807) is 23.1 Å². The molecule has 0 saturated heterocycles. The van der Waals surface area contributed by atoms with Crippen molar-refractivity contribution in [2.75, 3.05) is 4.93 Å². The second-order valence-corrected chi connectivity index (χ2v) is 6.50. The average molecular weight is 284 g/mol. The SMILES string of the molecule is CI1OC(F)(F)c2ccccc21. The van der Waals surface area contributed by atoms with Crippen molar-refractivity contribution in [3.05, 3.63) is 33.4 Å². The average Bonchev–Trinajstić information content (AvgIpc) is 2.25. The molecule has 1 heterocycles. The summed E-state index contributed by atoms with van der Waals surface area (Å²) in [7, 11) is 0. The molecule has 1 aliphatic heterocycles. The van der Waals surface area contributed by atoms with Crippen LogP contribution in [0.1, 0.15) is 5.56 Å². The van der Waals surface area contributed by atoms with Crippen molar-refractivity contribution in [3.8, 4) is 0 Å². The third-order valence-corrected chi connectivity index (χ3v) is 5.48. The van der Waals surface area contributed by atoms with E-state index in [1.165, 1.54) is 6.07 Å². The van der Waals surface area contributed by atoms with Crippen LogP contribution in [-0.4, -0.2) is 4.93 Å². The second-order valence-electron chi connectivity index (χ2n) is 2.49. The third kappa shape index (κ3) is 1.13. The second kappa shape index (κ2) is 2.63. The molecule has 1 aromatic carbocycles. The van der Waals surface area contributed by atoms with E-state index >= 15 is 0 Å². The Morgan fingerprint density at radius 1 is 1.33 bits per heavy atom. The Morgan fingerprint density at radius 3 is 2.67 bits per heavy atom. The Kier molecular flexibility index (Phi) is 1.84. The number of benzene rings is 1. The fourth-order valence-corrected chi connectivity index (χ4v) is 4.49. The summed E-state index contributed by atoms with van der Waals surface area (Å²) in [6, 6.07) is 6.57. The molecular formula is C8H7F2IO. The Morgan fingerprint density at radius 2 is 2.00 bits per heavy atom. The van der Waals surface area contributed by atoms with Crippen LogP contribution < -0.4 is 0 Å². The van der Waals surface area contributed by atoms with Gasteiger partial charge in [0.15, 0.2) is 0 Å². The molecule has 0 N–H and O–H groups in total. The summed E-state index contributed by atoms with van der Waals surface area (Å²) >= 11 is -1.99. The van der Waals surface area contributed by atoms with E-state index in [0.717, 1.165) is 3.57 Å². The molecule has 2 rings (SSSR count). The van der Waals surface area contributed by atoms with Gasteiger partial charge in [0.25, 0.3) is 0 Å². The van der Waals surface area contributed by atoms with Gasteiger partial charge in [-0.3, -0.25) is 0 Å². The van der Waals surface area contributed by atoms with E-state index in [4.69, 9.17) is 0 Å². The van der Waals surface area contributed by atoms with Gasteiger partial charge in [-0.2, -0.15) is 0 Å². The van der Waals surface area contributed by atoms with Crippen LogP contribution in [0.4, 0.5) is 8.78 Å². The number of hydrogen-bond acceptors (Lipinski definition) is 1. The summed E-state index contributed by atoms with van der Waals surface area (Å²) in [6.45, 7) is 0. The summed E-state index contributed by atoms with van der Waals surface area (Å²) in [5, 5.41) is 0. The van der Waals surface area contributed by atoms with E-state index < -0.39 is 26.3 Å². The fraction of sp³-hybridized carbons (Fsp3) is 0.250. The van der Waals surface area contributed by atoms with Crippen LogP contribution in [0.3, 0.4) is 0 Å². The molecule has 0 unspecified atom stereocenters. The van der Waals surface area contributed by atoms with Crippen LogP contribution >= 0.6 is 20.2 Å². The molecular weight excluding hydrogens is 277 g/mol. The van der Waals surface area contributed by atoms with Gasteiger partial charge >= 0.3 is 76.5 Å².